The molecule has 0 unspecified atom stereocenters. The van der Waals surface area contributed by atoms with Crippen LogP contribution >= 0.6 is 0 Å². The van der Waals surface area contributed by atoms with Crippen molar-refractivity contribution < 1.29 is 9.90 Å². The molecule has 2 N–H and O–H groups in total. The Hall–Kier alpha value is -3.92. The smallest absolute Gasteiger partial charge is 0.335 e. The molecule has 0 atom stereocenters. The summed E-state index contributed by atoms with van der Waals surface area (Å²) in [5.74, 6) is -0.922. The molecule has 4 nitrogen and oxygen atoms in total. The molecule has 5 rings (SSSR count). The summed E-state index contributed by atoms with van der Waals surface area (Å²) in [6.07, 6.45) is 1.70. The lowest BCUT2D eigenvalue weighted by Crippen LogP contribution is -1.95. The Morgan fingerprint density at radius 1 is 0.857 bits per heavy atom. The van der Waals surface area contributed by atoms with Crippen molar-refractivity contribution in [2.24, 2.45) is 0 Å². The molecule has 0 saturated heterocycles. The summed E-state index contributed by atoms with van der Waals surface area (Å²) in [5.41, 5.74) is 6.43. The van der Waals surface area contributed by atoms with E-state index in [2.05, 4.69) is 46.4 Å². The Kier molecular flexibility index (Phi) is 3.69. The van der Waals surface area contributed by atoms with E-state index in [0.29, 0.717) is 0 Å². The number of carbonyl (C=O) groups is 1. The summed E-state index contributed by atoms with van der Waals surface area (Å²) < 4.78 is 0. The van der Waals surface area contributed by atoms with Crippen LogP contribution in [-0.2, 0) is 0 Å². The number of benzene rings is 4. The summed E-state index contributed by atoms with van der Waals surface area (Å²) in [4.78, 5) is 18.7. The summed E-state index contributed by atoms with van der Waals surface area (Å²) in [5, 5.41) is 11.5. The van der Waals surface area contributed by atoms with Crippen LogP contribution in [0.3, 0.4) is 0 Å². The molecular weight excluding hydrogens is 348 g/mol. The van der Waals surface area contributed by atoms with Gasteiger partial charge in [-0.1, -0.05) is 54.6 Å². The predicted molar refractivity (Wildman–Crippen MR) is 111 cm³/mol. The van der Waals surface area contributed by atoms with Gasteiger partial charge in [-0.15, -0.1) is 0 Å². The molecule has 5 aromatic rings. The number of hydrogen-bond acceptors (Lipinski definition) is 2. The van der Waals surface area contributed by atoms with Gasteiger partial charge in [0.1, 0.15) is 0 Å². The van der Waals surface area contributed by atoms with Gasteiger partial charge in [0.05, 0.1) is 22.9 Å². The zero-order chi connectivity index (χ0) is 19.1. The van der Waals surface area contributed by atoms with Crippen LogP contribution < -0.4 is 0 Å². The number of fused-ring (bicyclic) bond motifs is 2. The number of imidazole rings is 1. The number of aromatic amines is 1. The molecule has 0 aliphatic carbocycles. The number of H-pyrrole nitrogens is 1. The Bertz CT molecular complexity index is 1330. The summed E-state index contributed by atoms with van der Waals surface area (Å²) >= 11 is 0. The monoisotopic (exact) mass is 364 g/mol. The van der Waals surface area contributed by atoms with E-state index in [4.69, 9.17) is 0 Å². The van der Waals surface area contributed by atoms with Gasteiger partial charge < -0.3 is 10.1 Å². The Morgan fingerprint density at radius 2 is 1.64 bits per heavy atom. The van der Waals surface area contributed by atoms with Crippen molar-refractivity contribution >= 4 is 27.8 Å². The molecule has 0 saturated carbocycles. The maximum absolute atomic E-state index is 11.2. The Morgan fingerprint density at radius 3 is 2.46 bits per heavy atom. The van der Waals surface area contributed by atoms with E-state index in [1.54, 1.807) is 18.5 Å². The first-order valence-corrected chi connectivity index (χ1v) is 9.00. The van der Waals surface area contributed by atoms with Crippen molar-refractivity contribution in [1.29, 1.82) is 0 Å². The van der Waals surface area contributed by atoms with E-state index in [0.717, 1.165) is 44.1 Å². The third kappa shape index (κ3) is 2.63. The minimum absolute atomic E-state index is 0.282. The lowest BCUT2D eigenvalue weighted by Gasteiger charge is -2.14. The van der Waals surface area contributed by atoms with E-state index < -0.39 is 5.97 Å². The Balaban J connectivity index is 1.79. The molecule has 4 aromatic carbocycles. The van der Waals surface area contributed by atoms with Gasteiger partial charge in [-0.2, -0.15) is 0 Å². The van der Waals surface area contributed by atoms with E-state index in [1.165, 1.54) is 0 Å². The molecule has 28 heavy (non-hydrogen) atoms. The van der Waals surface area contributed by atoms with Gasteiger partial charge in [0.15, 0.2) is 0 Å². The van der Waals surface area contributed by atoms with Crippen molar-refractivity contribution in [3.63, 3.8) is 0 Å². The maximum atomic E-state index is 11.2. The van der Waals surface area contributed by atoms with Gasteiger partial charge >= 0.3 is 5.97 Å². The van der Waals surface area contributed by atoms with Crippen LogP contribution in [0.15, 0.2) is 85.2 Å². The van der Waals surface area contributed by atoms with Crippen molar-refractivity contribution in [3.8, 4) is 22.3 Å². The quantitative estimate of drug-likeness (QED) is 0.428. The molecule has 0 bridgehead atoms. The second-order valence-corrected chi connectivity index (χ2v) is 6.73. The van der Waals surface area contributed by atoms with Gasteiger partial charge in [0.25, 0.3) is 0 Å². The second-order valence-electron chi connectivity index (χ2n) is 6.73. The molecule has 1 heterocycles. The van der Waals surface area contributed by atoms with Gasteiger partial charge in [-0.05, 0) is 57.3 Å². The standard InChI is InChI=1S/C24H16N2O2/c27-24(28)17-7-5-16(6-8-17)20-11-9-15-3-1-2-4-19(15)23(20)18-10-12-21-22(13-18)26-14-25-21/h1-14H,(H,25,26)(H,27,28). The van der Waals surface area contributed by atoms with Crippen LogP contribution in [0, 0.1) is 0 Å². The van der Waals surface area contributed by atoms with Crippen molar-refractivity contribution in [2.75, 3.05) is 0 Å². The molecule has 134 valence electrons. The highest BCUT2D eigenvalue weighted by atomic mass is 16.4. The molecule has 4 heteroatoms. The molecule has 0 aliphatic rings. The fourth-order valence-corrected chi connectivity index (χ4v) is 3.70. The number of carboxylic acids is 1. The number of hydrogen-bond donors (Lipinski definition) is 2. The zero-order valence-corrected chi connectivity index (χ0v) is 14.9. The molecule has 0 amide bonds. The molecule has 0 aliphatic heterocycles. The van der Waals surface area contributed by atoms with Crippen LogP contribution in [0.1, 0.15) is 10.4 Å². The van der Waals surface area contributed by atoms with Crippen LogP contribution in [0.4, 0.5) is 0 Å². The summed E-state index contributed by atoms with van der Waals surface area (Å²) in [6.45, 7) is 0. The van der Waals surface area contributed by atoms with E-state index >= 15 is 0 Å². The van der Waals surface area contributed by atoms with Crippen LogP contribution in [-0.4, -0.2) is 21.0 Å². The van der Waals surface area contributed by atoms with Crippen LogP contribution in [0.25, 0.3) is 44.1 Å². The fourth-order valence-electron chi connectivity index (χ4n) is 3.70. The van der Waals surface area contributed by atoms with E-state index in [-0.39, 0.29) is 5.56 Å². The highest BCUT2D eigenvalue weighted by molar-refractivity contribution is 6.05. The average Bonchev–Trinajstić information content (AvgIpc) is 3.21. The molecular formula is C24H16N2O2. The highest BCUT2D eigenvalue weighted by Crippen LogP contribution is 2.38. The topological polar surface area (TPSA) is 66.0 Å². The van der Waals surface area contributed by atoms with Gasteiger partial charge in [-0.25, -0.2) is 9.78 Å². The lowest BCUT2D eigenvalue weighted by molar-refractivity contribution is 0.0697. The van der Waals surface area contributed by atoms with Gasteiger partial charge in [0.2, 0.25) is 0 Å². The second kappa shape index (κ2) is 6.35. The SMILES string of the molecule is O=C(O)c1ccc(-c2ccc3ccccc3c2-c2ccc3[nH]cnc3c2)cc1. The van der Waals surface area contributed by atoms with Crippen molar-refractivity contribution in [1.82, 2.24) is 9.97 Å². The zero-order valence-electron chi connectivity index (χ0n) is 14.9. The number of carboxylic acid groups (broad SMARTS) is 1. The first-order valence-electron chi connectivity index (χ1n) is 9.00. The van der Waals surface area contributed by atoms with Gasteiger partial charge in [-0.3, -0.25) is 0 Å². The first-order chi connectivity index (χ1) is 13.7. The van der Waals surface area contributed by atoms with Crippen LogP contribution in [0.2, 0.25) is 0 Å². The molecule has 0 radical (unpaired) electrons. The molecule has 1 aromatic heterocycles. The third-order valence-corrected chi connectivity index (χ3v) is 5.08. The molecule has 0 spiro atoms. The van der Waals surface area contributed by atoms with E-state index in [1.807, 2.05) is 30.3 Å². The summed E-state index contributed by atoms with van der Waals surface area (Å²) in [7, 11) is 0. The number of aromatic nitrogens is 2. The summed E-state index contributed by atoms with van der Waals surface area (Å²) in [6, 6.07) is 25.7. The fraction of sp³-hybridized carbons (Fsp3) is 0. The number of nitrogens with zero attached hydrogens (tertiary/aromatic N) is 1. The number of aromatic carboxylic acids is 1. The van der Waals surface area contributed by atoms with Gasteiger partial charge in [0, 0.05) is 0 Å². The third-order valence-electron chi connectivity index (χ3n) is 5.08. The minimum Gasteiger partial charge on any atom is -0.478 e. The number of nitrogens with one attached hydrogen (secondary N) is 1. The largest absolute Gasteiger partial charge is 0.478 e. The lowest BCUT2D eigenvalue weighted by atomic mass is 9.89. The van der Waals surface area contributed by atoms with Crippen molar-refractivity contribution in [2.45, 2.75) is 0 Å². The maximum Gasteiger partial charge on any atom is 0.335 e. The Labute approximate surface area is 161 Å². The minimum atomic E-state index is -0.922. The normalized spacial score (nSPS) is 11.1. The van der Waals surface area contributed by atoms with E-state index in [9.17, 15) is 9.90 Å². The first kappa shape index (κ1) is 16.3. The highest BCUT2D eigenvalue weighted by Gasteiger charge is 2.13. The van der Waals surface area contributed by atoms with Crippen molar-refractivity contribution in [3.05, 3.63) is 90.8 Å². The number of rotatable bonds is 3. The molecule has 0 fully saturated rings. The predicted octanol–water partition coefficient (Wildman–Crippen LogP) is 5.75. The average molecular weight is 364 g/mol. The van der Waals surface area contributed by atoms with Crippen LogP contribution in [0.5, 0.6) is 0 Å².